The van der Waals surface area contributed by atoms with Crippen molar-refractivity contribution in [3.05, 3.63) is 42.9 Å². The zero-order valence-corrected chi connectivity index (χ0v) is 16.1. The van der Waals surface area contributed by atoms with Gasteiger partial charge < -0.3 is 14.0 Å². The summed E-state index contributed by atoms with van der Waals surface area (Å²) in [4.78, 5) is 15.3. The Hall–Kier alpha value is -2.84. The van der Waals surface area contributed by atoms with E-state index in [0.717, 1.165) is 56.9 Å². The highest BCUT2D eigenvalue weighted by atomic mass is 16.5. The molecule has 2 aromatic heterocycles. The fourth-order valence-electron chi connectivity index (χ4n) is 4.01. The summed E-state index contributed by atoms with van der Waals surface area (Å²) in [5.74, 6) is 1.59. The maximum absolute atomic E-state index is 6.37. The number of nitrogens with zero attached hydrogens (tertiary/aromatic N) is 5. The Morgan fingerprint density at radius 1 is 1.07 bits per heavy atom. The van der Waals surface area contributed by atoms with Gasteiger partial charge in [0.15, 0.2) is 0 Å². The minimum absolute atomic E-state index is 0.154. The molecular formula is C21H23N5O3. The summed E-state index contributed by atoms with van der Waals surface area (Å²) in [6, 6.07) is 8.41. The first-order chi connectivity index (χ1) is 14.4. The Morgan fingerprint density at radius 2 is 1.97 bits per heavy atom. The molecule has 2 aliphatic heterocycles. The quantitative estimate of drug-likeness (QED) is 0.654. The number of likely N-dealkylation sites (tertiary alicyclic amines) is 1. The van der Waals surface area contributed by atoms with Gasteiger partial charge in [0, 0.05) is 44.7 Å². The Labute approximate surface area is 168 Å². The normalized spacial score (nSPS) is 20.8. The lowest BCUT2D eigenvalue weighted by atomic mass is 10.1. The second kappa shape index (κ2) is 8.26. The van der Waals surface area contributed by atoms with Crippen molar-refractivity contribution >= 4 is 0 Å². The van der Waals surface area contributed by atoms with Gasteiger partial charge in [-0.05, 0) is 31.4 Å². The average molecular weight is 393 g/mol. The van der Waals surface area contributed by atoms with Crippen LogP contribution in [0, 0.1) is 0 Å². The van der Waals surface area contributed by atoms with Crippen molar-refractivity contribution in [1.82, 2.24) is 25.0 Å². The molecule has 2 aliphatic rings. The van der Waals surface area contributed by atoms with Crippen LogP contribution < -0.4 is 4.74 Å². The highest BCUT2D eigenvalue weighted by Crippen LogP contribution is 2.32. The number of hydrogen-bond donors (Lipinski definition) is 0. The molecule has 0 N–H and O–H groups in total. The van der Waals surface area contributed by atoms with E-state index in [0.29, 0.717) is 23.5 Å². The summed E-state index contributed by atoms with van der Waals surface area (Å²) in [5, 5.41) is 4.04. The first-order valence-corrected chi connectivity index (χ1v) is 10.0. The number of ether oxygens (including phenoxy) is 2. The molecule has 4 heterocycles. The summed E-state index contributed by atoms with van der Waals surface area (Å²) in [5.41, 5.74) is 1.36. The molecule has 1 aromatic carbocycles. The molecule has 0 bridgehead atoms. The van der Waals surface area contributed by atoms with Gasteiger partial charge in [0.1, 0.15) is 17.5 Å². The van der Waals surface area contributed by atoms with Gasteiger partial charge in [0.05, 0.1) is 11.8 Å². The molecule has 0 saturated carbocycles. The highest BCUT2D eigenvalue weighted by molar-refractivity contribution is 5.64. The van der Waals surface area contributed by atoms with Crippen LogP contribution in [0.15, 0.2) is 47.4 Å². The Morgan fingerprint density at radius 3 is 2.83 bits per heavy atom. The van der Waals surface area contributed by atoms with Crippen molar-refractivity contribution < 1.29 is 14.0 Å². The molecule has 29 heavy (non-hydrogen) atoms. The lowest BCUT2D eigenvalue weighted by Crippen LogP contribution is -2.38. The molecule has 8 nitrogen and oxygen atoms in total. The third kappa shape index (κ3) is 3.99. The molecule has 1 atom stereocenters. The smallest absolute Gasteiger partial charge is 0.262 e. The van der Waals surface area contributed by atoms with Crippen LogP contribution in [0.5, 0.6) is 5.75 Å². The molecule has 0 aliphatic carbocycles. The van der Waals surface area contributed by atoms with Gasteiger partial charge in [0.25, 0.3) is 5.89 Å². The summed E-state index contributed by atoms with van der Waals surface area (Å²) in [6.45, 7) is 3.73. The van der Waals surface area contributed by atoms with Crippen LogP contribution in [0.3, 0.4) is 0 Å². The van der Waals surface area contributed by atoms with E-state index >= 15 is 0 Å². The van der Waals surface area contributed by atoms with Gasteiger partial charge in [-0.2, -0.15) is 4.98 Å². The van der Waals surface area contributed by atoms with E-state index < -0.39 is 0 Å². The third-order valence-corrected chi connectivity index (χ3v) is 5.51. The number of para-hydroxylation sites is 1. The minimum atomic E-state index is 0.154. The third-order valence-electron chi connectivity index (χ3n) is 5.51. The second-order valence-electron chi connectivity index (χ2n) is 7.38. The fourth-order valence-corrected chi connectivity index (χ4v) is 4.01. The van der Waals surface area contributed by atoms with Gasteiger partial charge >= 0.3 is 0 Å². The first kappa shape index (κ1) is 18.2. The van der Waals surface area contributed by atoms with Crippen molar-refractivity contribution in [3.8, 4) is 28.7 Å². The van der Waals surface area contributed by atoms with Crippen molar-refractivity contribution in [2.75, 3.05) is 26.3 Å². The molecule has 3 aromatic rings. The standard InChI is InChI=1S/C21H23N5O3/c1-2-4-19(28-16-5-10-26(14-16)15-6-11-27-12-7-15)17(3-1)21-24-20(25-29-21)18-13-22-8-9-23-18/h1-4,8-9,13,15-16H,5-7,10-12,14H2. The summed E-state index contributed by atoms with van der Waals surface area (Å²) in [7, 11) is 0. The van der Waals surface area contributed by atoms with Crippen LogP contribution in [0.25, 0.3) is 23.0 Å². The topological polar surface area (TPSA) is 86.4 Å². The monoisotopic (exact) mass is 393 g/mol. The van der Waals surface area contributed by atoms with Gasteiger partial charge in [-0.1, -0.05) is 17.3 Å². The van der Waals surface area contributed by atoms with E-state index in [9.17, 15) is 0 Å². The van der Waals surface area contributed by atoms with Crippen molar-refractivity contribution in [1.29, 1.82) is 0 Å². The van der Waals surface area contributed by atoms with Gasteiger partial charge in [-0.3, -0.25) is 9.88 Å². The Balaban J connectivity index is 1.31. The van der Waals surface area contributed by atoms with E-state index in [1.54, 1.807) is 18.6 Å². The van der Waals surface area contributed by atoms with Crippen molar-refractivity contribution in [2.24, 2.45) is 0 Å². The number of aromatic nitrogens is 4. The van der Waals surface area contributed by atoms with Gasteiger partial charge in [-0.25, -0.2) is 4.98 Å². The second-order valence-corrected chi connectivity index (χ2v) is 7.38. The van der Waals surface area contributed by atoms with E-state index in [1.165, 1.54) is 0 Å². The molecule has 0 spiro atoms. The molecule has 5 rings (SSSR count). The number of benzene rings is 1. The Bertz CT molecular complexity index is 942. The molecule has 2 fully saturated rings. The molecule has 150 valence electrons. The molecule has 0 radical (unpaired) electrons. The largest absolute Gasteiger partial charge is 0.488 e. The zero-order chi connectivity index (χ0) is 19.5. The van der Waals surface area contributed by atoms with Crippen LogP contribution in [0.2, 0.25) is 0 Å². The lowest BCUT2D eigenvalue weighted by molar-refractivity contribution is 0.0388. The average Bonchev–Trinajstić information content (AvgIpc) is 3.46. The minimum Gasteiger partial charge on any atom is -0.488 e. The SMILES string of the molecule is c1ccc(-c2nc(-c3cnccn3)no2)c(OC2CCN(C3CCOCC3)C2)c1. The zero-order valence-electron chi connectivity index (χ0n) is 16.1. The summed E-state index contributed by atoms with van der Waals surface area (Å²) >= 11 is 0. The molecule has 8 heteroatoms. The maximum atomic E-state index is 6.37. The summed E-state index contributed by atoms with van der Waals surface area (Å²) < 4.78 is 17.4. The van der Waals surface area contributed by atoms with E-state index in [2.05, 4.69) is 25.0 Å². The Kier molecular flexibility index (Phi) is 5.19. The van der Waals surface area contributed by atoms with Gasteiger partial charge in [-0.15, -0.1) is 0 Å². The van der Waals surface area contributed by atoms with Crippen LogP contribution in [-0.4, -0.2) is 63.5 Å². The van der Waals surface area contributed by atoms with Crippen LogP contribution in [0.4, 0.5) is 0 Å². The predicted molar refractivity (Wildman–Crippen MR) is 105 cm³/mol. The van der Waals surface area contributed by atoms with Crippen LogP contribution in [-0.2, 0) is 4.74 Å². The molecule has 2 saturated heterocycles. The maximum Gasteiger partial charge on any atom is 0.262 e. The van der Waals surface area contributed by atoms with E-state index in [4.69, 9.17) is 14.0 Å². The molecule has 1 unspecified atom stereocenters. The molecular weight excluding hydrogens is 370 g/mol. The van der Waals surface area contributed by atoms with Gasteiger partial charge in [0.2, 0.25) is 5.82 Å². The summed E-state index contributed by atoms with van der Waals surface area (Å²) in [6.07, 6.45) is 8.21. The van der Waals surface area contributed by atoms with Crippen LogP contribution >= 0.6 is 0 Å². The first-order valence-electron chi connectivity index (χ1n) is 10.0. The van der Waals surface area contributed by atoms with Crippen molar-refractivity contribution in [2.45, 2.75) is 31.4 Å². The lowest BCUT2D eigenvalue weighted by Gasteiger charge is -2.30. The van der Waals surface area contributed by atoms with Crippen LogP contribution in [0.1, 0.15) is 19.3 Å². The predicted octanol–water partition coefficient (Wildman–Crippen LogP) is 2.83. The highest BCUT2D eigenvalue weighted by Gasteiger charge is 2.31. The molecule has 0 amide bonds. The number of rotatable bonds is 5. The fraction of sp³-hybridized carbons (Fsp3) is 0.429. The number of hydrogen-bond acceptors (Lipinski definition) is 8. The van der Waals surface area contributed by atoms with E-state index in [-0.39, 0.29) is 6.10 Å². The van der Waals surface area contributed by atoms with Crippen molar-refractivity contribution in [3.63, 3.8) is 0 Å². The van der Waals surface area contributed by atoms with E-state index in [1.807, 2.05) is 24.3 Å².